The van der Waals surface area contributed by atoms with Crippen LogP contribution in [0.25, 0.3) is 11.2 Å². The molecule has 6 nitrogen and oxygen atoms in total. The SMILES string of the molecule is CC[C@@](C)(O)Cn1cnc2c(NC(C)C)ncnc21. The Morgan fingerprint density at radius 3 is 2.74 bits per heavy atom. The lowest BCUT2D eigenvalue weighted by atomic mass is 10.0. The van der Waals surface area contributed by atoms with Gasteiger partial charge in [0.25, 0.3) is 0 Å². The standard InChI is InChI=1S/C13H21N5O/c1-5-13(4,19)6-18-8-16-10-11(17-9(2)3)14-7-15-12(10)18/h7-9,19H,5-6H2,1-4H3,(H,14,15,17)/t13-/m1/s1. The molecule has 104 valence electrons. The fourth-order valence-corrected chi connectivity index (χ4v) is 1.85. The van der Waals surface area contributed by atoms with Gasteiger partial charge in [0.2, 0.25) is 0 Å². The molecular formula is C13H21N5O. The first-order valence-corrected chi connectivity index (χ1v) is 6.57. The van der Waals surface area contributed by atoms with E-state index in [0.717, 1.165) is 17.0 Å². The third-order valence-electron chi connectivity index (χ3n) is 3.10. The zero-order chi connectivity index (χ0) is 14.0. The van der Waals surface area contributed by atoms with Gasteiger partial charge in [-0.3, -0.25) is 0 Å². The highest BCUT2D eigenvalue weighted by Gasteiger charge is 2.20. The molecule has 0 radical (unpaired) electrons. The Balaban J connectivity index is 2.38. The Hall–Kier alpha value is -1.69. The third-order valence-corrected chi connectivity index (χ3v) is 3.10. The summed E-state index contributed by atoms with van der Waals surface area (Å²) in [5.41, 5.74) is 0.722. The maximum Gasteiger partial charge on any atom is 0.165 e. The summed E-state index contributed by atoms with van der Waals surface area (Å²) >= 11 is 0. The number of nitrogens with one attached hydrogen (secondary N) is 1. The van der Waals surface area contributed by atoms with Gasteiger partial charge in [-0.1, -0.05) is 6.92 Å². The van der Waals surface area contributed by atoms with Crippen LogP contribution in [0.2, 0.25) is 0 Å². The van der Waals surface area contributed by atoms with Crippen LogP contribution in [-0.4, -0.2) is 36.3 Å². The average molecular weight is 263 g/mol. The van der Waals surface area contributed by atoms with Gasteiger partial charge in [0.05, 0.1) is 18.5 Å². The number of anilines is 1. The summed E-state index contributed by atoms with van der Waals surface area (Å²) < 4.78 is 1.87. The van der Waals surface area contributed by atoms with E-state index < -0.39 is 5.60 Å². The number of hydrogen-bond acceptors (Lipinski definition) is 5. The minimum absolute atomic E-state index is 0.280. The summed E-state index contributed by atoms with van der Waals surface area (Å²) in [6.07, 6.45) is 3.90. The first-order valence-electron chi connectivity index (χ1n) is 6.57. The topological polar surface area (TPSA) is 75.9 Å². The van der Waals surface area contributed by atoms with E-state index in [0.29, 0.717) is 13.0 Å². The van der Waals surface area contributed by atoms with E-state index in [-0.39, 0.29) is 6.04 Å². The molecule has 2 aromatic heterocycles. The summed E-state index contributed by atoms with van der Waals surface area (Å²) in [4.78, 5) is 12.8. The van der Waals surface area contributed by atoms with Gasteiger partial charge in [0, 0.05) is 6.04 Å². The van der Waals surface area contributed by atoms with Crippen LogP contribution in [0, 0.1) is 0 Å². The first-order chi connectivity index (χ1) is 8.93. The lowest BCUT2D eigenvalue weighted by Crippen LogP contribution is -2.29. The van der Waals surface area contributed by atoms with Gasteiger partial charge in [-0.05, 0) is 27.2 Å². The van der Waals surface area contributed by atoms with E-state index in [1.165, 1.54) is 6.33 Å². The maximum absolute atomic E-state index is 10.2. The molecule has 0 spiro atoms. The number of nitrogens with zero attached hydrogens (tertiary/aromatic N) is 4. The highest BCUT2D eigenvalue weighted by molar-refractivity contribution is 5.82. The summed E-state index contributed by atoms with van der Waals surface area (Å²) in [5.74, 6) is 0.731. The molecule has 0 unspecified atom stereocenters. The minimum atomic E-state index is -0.760. The Bertz CT molecular complexity index is 561. The predicted molar refractivity (Wildman–Crippen MR) is 75.0 cm³/mol. The molecule has 0 aliphatic carbocycles. The fourth-order valence-electron chi connectivity index (χ4n) is 1.85. The Kier molecular flexibility index (Phi) is 3.71. The molecule has 0 bridgehead atoms. The second kappa shape index (κ2) is 5.13. The number of rotatable bonds is 5. The molecule has 1 atom stereocenters. The number of imidazole rings is 1. The fraction of sp³-hybridized carbons (Fsp3) is 0.615. The van der Waals surface area contributed by atoms with Crippen molar-refractivity contribution in [2.75, 3.05) is 5.32 Å². The summed E-state index contributed by atoms with van der Waals surface area (Å²) in [6.45, 7) is 8.34. The van der Waals surface area contributed by atoms with Crippen LogP contribution in [0.15, 0.2) is 12.7 Å². The smallest absolute Gasteiger partial charge is 0.165 e. The van der Waals surface area contributed by atoms with Crippen molar-refractivity contribution >= 4 is 17.0 Å². The number of aromatic nitrogens is 4. The van der Waals surface area contributed by atoms with Crippen LogP contribution in [0.5, 0.6) is 0 Å². The largest absolute Gasteiger partial charge is 0.388 e. The normalized spacial score (nSPS) is 14.8. The molecule has 0 aliphatic heterocycles. The molecule has 0 aromatic carbocycles. The Morgan fingerprint density at radius 2 is 2.11 bits per heavy atom. The molecule has 0 fully saturated rings. The number of hydrogen-bond donors (Lipinski definition) is 2. The third kappa shape index (κ3) is 3.01. The van der Waals surface area contributed by atoms with E-state index >= 15 is 0 Å². The predicted octanol–water partition coefficient (Wildman–Crippen LogP) is 1.81. The van der Waals surface area contributed by atoms with E-state index in [2.05, 4.69) is 20.3 Å². The zero-order valence-corrected chi connectivity index (χ0v) is 11.9. The van der Waals surface area contributed by atoms with Crippen molar-refractivity contribution in [3.63, 3.8) is 0 Å². The van der Waals surface area contributed by atoms with Crippen LogP contribution in [0.4, 0.5) is 5.82 Å². The van der Waals surface area contributed by atoms with Gasteiger partial charge in [-0.15, -0.1) is 0 Å². The summed E-state index contributed by atoms with van der Waals surface area (Å²) in [7, 11) is 0. The zero-order valence-electron chi connectivity index (χ0n) is 11.9. The lowest BCUT2D eigenvalue weighted by Gasteiger charge is -2.21. The van der Waals surface area contributed by atoms with Crippen LogP contribution in [0.1, 0.15) is 34.1 Å². The molecule has 2 rings (SSSR count). The van der Waals surface area contributed by atoms with Crippen molar-refractivity contribution in [3.8, 4) is 0 Å². The van der Waals surface area contributed by atoms with Crippen LogP contribution in [-0.2, 0) is 6.54 Å². The van der Waals surface area contributed by atoms with E-state index in [9.17, 15) is 5.11 Å². The molecule has 6 heteroatoms. The molecule has 19 heavy (non-hydrogen) atoms. The number of fused-ring (bicyclic) bond motifs is 1. The molecule has 0 amide bonds. The summed E-state index contributed by atoms with van der Waals surface area (Å²) in [5, 5.41) is 13.4. The van der Waals surface area contributed by atoms with Gasteiger partial charge >= 0.3 is 0 Å². The van der Waals surface area contributed by atoms with Crippen molar-refractivity contribution in [2.45, 2.75) is 52.3 Å². The minimum Gasteiger partial charge on any atom is -0.388 e. The van der Waals surface area contributed by atoms with Crippen LogP contribution >= 0.6 is 0 Å². The van der Waals surface area contributed by atoms with Crippen molar-refractivity contribution in [2.24, 2.45) is 0 Å². The quantitative estimate of drug-likeness (QED) is 0.860. The molecule has 2 heterocycles. The second-order valence-corrected chi connectivity index (χ2v) is 5.42. The van der Waals surface area contributed by atoms with Gasteiger partial charge in [0.15, 0.2) is 11.5 Å². The average Bonchev–Trinajstić information content (AvgIpc) is 2.73. The van der Waals surface area contributed by atoms with Gasteiger partial charge in [-0.2, -0.15) is 0 Å². The van der Waals surface area contributed by atoms with Crippen LogP contribution < -0.4 is 5.32 Å². The number of aliphatic hydroxyl groups is 1. The van der Waals surface area contributed by atoms with E-state index in [1.807, 2.05) is 32.3 Å². The van der Waals surface area contributed by atoms with Crippen molar-refractivity contribution in [3.05, 3.63) is 12.7 Å². The van der Waals surface area contributed by atoms with Crippen molar-refractivity contribution < 1.29 is 5.11 Å². The highest BCUT2D eigenvalue weighted by Crippen LogP contribution is 2.20. The first kappa shape index (κ1) is 13.7. The van der Waals surface area contributed by atoms with E-state index in [4.69, 9.17) is 0 Å². The van der Waals surface area contributed by atoms with Gasteiger partial charge in [-0.25, -0.2) is 15.0 Å². The monoisotopic (exact) mass is 263 g/mol. The Morgan fingerprint density at radius 1 is 1.37 bits per heavy atom. The second-order valence-electron chi connectivity index (χ2n) is 5.42. The molecule has 0 saturated heterocycles. The highest BCUT2D eigenvalue weighted by atomic mass is 16.3. The van der Waals surface area contributed by atoms with Crippen molar-refractivity contribution in [1.82, 2.24) is 19.5 Å². The molecule has 2 N–H and O–H groups in total. The van der Waals surface area contributed by atoms with Gasteiger partial charge < -0.3 is 15.0 Å². The maximum atomic E-state index is 10.2. The molecular weight excluding hydrogens is 242 g/mol. The van der Waals surface area contributed by atoms with Crippen molar-refractivity contribution in [1.29, 1.82) is 0 Å². The molecule has 2 aromatic rings. The van der Waals surface area contributed by atoms with E-state index in [1.54, 1.807) is 6.33 Å². The molecule has 0 saturated carbocycles. The van der Waals surface area contributed by atoms with Crippen LogP contribution in [0.3, 0.4) is 0 Å². The molecule has 0 aliphatic rings. The lowest BCUT2D eigenvalue weighted by molar-refractivity contribution is 0.0389. The van der Waals surface area contributed by atoms with Gasteiger partial charge in [0.1, 0.15) is 11.8 Å². The Labute approximate surface area is 112 Å². The summed E-state index contributed by atoms with van der Waals surface area (Å²) in [6, 6.07) is 0.280.